The van der Waals surface area contributed by atoms with Gasteiger partial charge in [0.15, 0.2) is 0 Å². The summed E-state index contributed by atoms with van der Waals surface area (Å²) >= 11 is 1.39. The van der Waals surface area contributed by atoms with E-state index in [2.05, 4.69) is 17.6 Å². The van der Waals surface area contributed by atoms with Crippen LogP contribution >= 0.6 is 11.3 Å². The Labute approximate surface area is 164 Å². The SMILES string of the molecule is C[C@H]1CCCC[NH+]1CCCNC(=O)c1cccc(NC(=O)c2cccs2)c1. The molecule has 2 heterocycles. The number of carbonyl (C=O) groups is 2. The van der Waals surface area contributed by atoms with E-state index < -0.39 is 0 Å². The topological polar surface area (TPSA) is 62.6 Å². The number of likely N-dealkylation sites (tertiary alicyclic amines) is 1. The lowest BCUT2D eigenvalue weighted by Gasteiger charge is -2.30. The molecule has 1 aliphatic rings. The molecule has 1 aliphatic heterocycles. The van der Waals surface area contributed by atoms with Crippen molar-refractivity contribution in [3.8, 4) is 0 Å². The molecule has 6 heteroatoms. The van der Waals surface area contributed by atoms with Gasteiger partial charge in [-0.2, -0.15) is 0 Å². The molecule has 2 amide bonds. The molecule has 0 saturated carbocycles. The number of hydrogen-bond donors (Lipinski definition) is 3. The molecule has 1 saturated heterocycles. The summed E-state index contributed by atoms with van der Waals surface area (Å²) in [5.74, 6) is -0.245. The lowest BCUT2D eigenvalue weighted by molar-refractivity contribution is -0.928. The van der Waals surface area contributed by atoms with Gasteiger partial charge in [0.05, 0.1) is 24.0 Å². The quantitative estimate of drug-likeness (QED) is 0.641. The summed E-state index contributed by atoms with van der Waals surface area (Å²) in [6.07, 6.45) is 4.96. The summed E-state index contributed by atoms with van der Waals surface area (Å²) in [5.41, 5.74) is 1.20. The fourth-order valence-corrected chi connectivity index (χ4v) is 4.20. The Bertz CT molecular complexity index is 761. The Morgan fingerprint density at radius 1 is 1.19 bits per heavy atom. The maximum Gasteiger partial charge on any atom is 0.265 e. The van der Waals surface area contributed by atoms with Crippen molar-refractivity contribution in [2.24, 2.45) is 0 Å². The van der Waals surface area contributed by atoms with Crippen LogP contribution in [0.1, 0.15) is 52.6 Å². The minimum Gasteiger partial charge on any atom is -0.352 e. The molecule has 0 radical (unpaired) electrons. The fraction of sp³-hybridized carbons (Fsp3) is 0.429. The molecule has 3 rings (SSSR count). The average Bonchev–Trinajstić information content (AvgIpc) is 3.21. The first-order valence-corrected chi connectivity index (χ1v) is 10.6. The maximum atomic E-state index is 12.4. The molecule has 0 bridgehead atoms. The van der Waals surface area contributed by atoms with Gasteiger partial charge in [-0.1, -0.05) is 12.1 Å². The zero-order valence-corrected chi connectivity index (χ0v) is 16.6. The van der Waals surface area contributed by atoms with Crippen LogP contribution in [-0.2, 0) is 0 Å². The second kappa shape index (κ2) is 9.67. The number of anilines is 1. The van der Waals surface area contributed by atoms with Crippen LogP contribution in [0.4, 0.5) is 5.69 Å². The third kappa shape index (κ3) is 5.65. The van der Waals surface area contributed by atoms with Crippen LogP contribution in [0.25, 0.3) is 0 Å². The van der Waals surface area contributed by atoms with Gasteiger partial charge in [-0.15, -0.1) is 11.3 Å². The van der Waals surface area contributed by atoms with Gasteiger partial charge in [0, 0.05) is 24.2 Å². The highest BCUT2D eigenvalue weighted by Crippen LogP contribution is 2.15. The standard InChI is InChI=1S/C21H27N3O2S/c1-16-7-2-3-12-24(16)13-6-11-22-20(25)17-8-4-9-18(15-17)23-21(26)19-10-5-14-27-19/h4-5,8-10,14-16H,2-3,6-7,11-13H2,1H3,(H,22,25)(H,23,26)/p+1/t16-/m0/s1. The van der Waals surface area contributed by atoms with Crippen molar-refractivity contribution in [1.82, 2.24) is 5.32 Å². The molecule has 1 fully saturated rings. The zero-order chi connectivity index (χ0) is 19.1. The van der Waals surface area contributed by atoms with Crippen molar-refractivity contribution in [3.05, 3.63) is 52.2 Å². The second-order valence-electron chi connectivity index (χ2n) is 7.18. The van der Waals surface area contributed by atoms with Gasteiger partial charge < -0.3 is 15.5 Å². The van der Waals surface area contributed by atoms with Crippen LogP contribution in [0.5, 0.6) is 0 Å². The van der Waals surface area contributed by atoms with Crippen LogP contribution in [0, 0.1) is 0 Å². The smallest absolute Gasteiger partial charge is 0.265 e. The van der Waals surface area contributed by atoms with Gasteiger partial charge in [-0.25, -0.2) is 0 Å². The number of piperidine rings is 1. The van der Waals surface area contributed by atoms with E-state index in [1.54, 1.807) is 35.2 Å². The van der Waals surface area contributed by atoms with E-state index in [1.807, 2.05) is 11.4 Å². The highest BCUT2D eigenvalue weighted by molar-refractivity contribution is 7.12. The Hall–Kier alpha value is -2.18. The third-order valence-corrected chi connectivity index (χ3v) is 6.04. The molecule has 2 aromatic rings. The monoisotopic (exact) mass is 386 g/mol. The van der Waals surface area contributed by atoms with Crippen LogP contribution < -0.4 is 15.5 Å². The van der Waals surface area contributed by atoms with E-state index in [9.17, 15) is 9.59 Å². The summed E-state index contributed by atoms with van der Waals surface area (Å²) in [7, 11) is 0. The van der Waals surface area contributed by atoms with Gasteiger partial charge in [-0.05, 0) is 55.8 Å². The molecule has 144 valence electrons. The molecular formula is C21H28N3O2S+. The number of thiophene rings is 1. The fourth-order valence-electron chi connectivity index (χ4n) is 3.58. The molecule has 1 unspecified atom stereocenters. The molecular weight excluding hydrogens is 358 g/mol. The van der Waals surface area contributed by atoms with Crippen molar-refractivity contribution in [1.29, 1.82) is 0 Å². The van der Waals surface area contributed by atoms with Crippen LogP contribution in [0.15, 0.2) is 41.8 Å². The van der Waals surface area contributed by atoms with E-state index in [0.717, 1.165) is 19.0 Å². The zero-order valence-electron chi connectivity index (χ0n) is 15.8. The summed E-state index contributed by atoms with van der Waals surface area (Å²) in [5, 5.41) is 7.71. The summed E-state index contributed by atoms with van der Waals surface area (Å²) in [4.78, 5) is 26.9. The molecule has 5 nitrogen and oxygen atoms in total. The van der Waals surface area contributed by atoms with Gasteiger partial charge >= 0.3 is 0 Å². The molecule has 1 aromatic heterocycles. The van der Waals surface area contributed by atoms with E-state index >= 15 is 0 Å². The summed E-state index contributed by atoms with van der Waals surface area (Å²) in [6.45, 7) is 5.36. The Morgan fingerprint density at radius 2 is 2.07 bits per heavy atom. The first kappa shape index (κ1) is 19.6. The highest BCUT2D eigenvalue weighted by atomic mass is 32.1. The normalized spacial score (nSPS) is 19.4. The van der Waals surface area contributed by atoms with Crippen LogP contribution in [0.2, 0.25) is 0 Å². The lowest BCUT2D eigenvalue weighted by Crippen LogP contribution is -3.16. The number of carbonyl (C=O) groups excluding carboxylic acids is 2. The number of benzene rings is 1. The molecule has 0 aliphatic carbocycles. The average molecular weight is 387 g/mol. The van der Waals surface area contributed by atoms with E-state index in [1.165, 1.54) is 37.1 Å². The van der Waals surface area contributed by atoms with Gasteiger partial charge in [0.25, 0.3) is 11.8 Å². The second-order valence-corrected chi connectivity index (χ2v) is 8.12. The number of quaternary nitrogens is 1. The number of nitrogens with one attached hydrogen (secondary N) is 3. The minimum atomic E-state index is -0.152. The van der Waals surface area contributed by atoms with Crippen molar-refractivity contribution in [2.45, 2.75) is 38.6 Å². The van der Waals surface area contributed by atoms with Crippen LogP contribution in [0.3, 0.4) is 0 Å². The Balaban J connectivity index is 1.46. The number of amides is 2. The van der Waals surface area contributed by atoms with Crippen molar-refractivity contribution >= 4 is 28.8 Å². The minimum absolute atomic E-state index is 0.0936. The molecule has 1 aromatic carbocycles. The van der Waals surface area contributed by atoms with E-state index in [0.29, 0.717) is 22.7 Å². The van der Waals surface area contributed by atoms with Crippen molar-refractivity contribution < 1.29 is 14.5 Å². The van der Waals surface area contributed by atoms with Gasteiger partial charge in [0.1, 0.15) is 0 Å². The van der Waals surface area contributed by atoms with E-state index in [-0.39, 0.29) is 11.8 Å². The largest absolute Gasteiger partial charge is 0.352 e. The number of rotatable bonds is 7. The first-order valence-electron chi connectivity index (χ1n) is 9.71. The number of hydrogen-bond acceptors (Lipinski definition) is 3. The third-order valence-electron chi connectivity index (χ3n) is 5.17. The molecule has 2 atom stereocenters. The van der Waals surface area contributed by atoms with Gasteiger partial charge in [-0.3, -0.25) is 9.59 Å². The lowest BCUT2D eigenvalue weighted by atomic mass is 10.0. The van der Waals surface area contributed by atoms with Crippen molar-refractivity contribution in [3.63, 3.8) is 0 Å². The van der Waals surface area contributed by atoms with Gasteiger partial charge in [0.2, 0.25) is 0 Å². The molecule has 3 N–H and O–H groups in total. The predicted octanol–water partition coefficient (Wildman–Crippen LogP) is 2.58. The van der Waals surface area contributed by atoms with Crippen molar-refractivity contribution in [2.75, 3.05) is 25.0 Å². The first-order chi connectivity index (χ1) is 13.1. The molecule has 27 heavy (non-hydrogen) atoms. The van der Waals surface area contributed by atoms with E-state index in [4.69, 9.17) is 0 Å². The summed E-state index contributed by atoms with van der Waals surface area (Å²) in [6, 6.07) is 11.4. The Kier molecular flexibility index (Phi) is 7.01. The Morgan fingerprint density at radius 3 is 2.85 bits per heavy atom. The predicted molar refractivity (Wildman–Crippen MR) is 110 cm³/mol. The molecule has 0 spiro atoms. The van der Waals surface area contributed by atoms with Crippen LogP contribution in [-0.4, -0.2) is 37.5 Å². The highest BCUT2D eigenvalue weighted by Gasteiger charge is 2.21. The maximum absolute atomic E-state index is 12.4. The summed E-state index contributed by atoms with van der Waals surface area (Å²) < 4.78 is 0.